The van der Waals surface area contributed by atoms with Crippen LogP contribution < -0.4 is 11.1 Å². The predicted octanol–water partition coefficient (Wildman–Crippen LogP) is -0.689. The molecule has 1 unspecified atom stereocenters. The van der Waals surface area contributed by atoms with Gasteiger partial charge in [0.25, 0.3) is 0 Å². The van der Waals surface area contributed by atoms with Crippen molar-refractivity contribution in [2.75, 3.05) is 33.2 Å². The molecule has 3 amide bonds. The number of nitrogens with one attached hydrogen (secondary N) is 1. The molecule has 1 heterocycles. The van der Waals surface area contributed by atoms with Crippen molar-refractivity contribution in [1.82, 2.24) is 15.1 Å². The molecule has 1 atom stereocenters. The van der Waals surface area contributed by atoms with E-state index in [0.29, 0.717) is 26.1 Å². The fourth-order valence-electron chi connectivity index (χ4n) is 2.40. The first kappa shape index (κ1) is 17.4. The Balaban J connectivity index is 2.54. The lowest BCUT2D eigenvalue weighted by Gasteiger charge is -2.36. The van der Waals surface area contributed by atoms with Gasteiger partial charge in [0.15, 0.2) is 0 Å². The highest BCUT2D eigenvalue weighted by Gasteiger charge is 2.27. The summed E-state index contributed by atoms with van der Waals surface area (Å²) in [7, 11) is 1.61. The Hall–Kier alpha value is -1.63. The number of likely N-dealkylation sites (tertiary alicyclic amines) is 1. The van der Waals surface area contributed by atoms with Crippen LogP contribution in [0.1, 0.15) is 32.6 Å². The van der Waals surface area contributed by atoms with Crippen LogP contribution in [-0.2, 0) is 14.4 Å². The van der Waals surface area contributed by atoms with E-state index in [9.17, 15) is 14.4 Å². The van der Waals surface area contributed by atoms with Crippen LogP contribution >= 0.6 is 0 Å². The standard InChI is InChI=1S/C14H26N4O3/c1-11(19)17(2)10-14(21)18-8-4-3-5-12(18)9-16-13(20)6-7-15/h12H,3-10,15H2,1-2H3,(H,16,20). The molecule has 7 nitrogen and oxygen atoms in total. The van der Waals surface area contributed by atoms with Crippen molar-refractivity contribution in [3.8, 4) is 0 Å². The van der Waals surface area contributed by atoms with Gasteiger partial charge in [0.05, 0.1) is 6.54 Å². The van der Waals surface area contributed by atoms with Crippen molar-refractivity contribution in [3.05, 3.63) is 0 Å². The van der Waals surface area contributed by atoms with Crippen molar-refractivity contribution in [1.29, 1.82) is 0 Å². The van der Waals surface area contributed by atoms with E-state index in [1.165, 1.54) is 11.8 Å². The van der Waals surface area contributed by atoms with E-state index in [1.807, 2.05) is 0 Å². The third kappa shape index (κ3) is 5.71. The highest BCUT2D eigenvalue weighted by molar-refractivity contribution is 5.84. The molecule has 0 saturated carbocycles. The first-order valence-electron chi connectivity index (χ1n) is 7.43. The molecule has 1 aliphatic heterocycles. The molecule has 1 fully saturated rings. The minimum Gasteiger partial charge on any atom is -0.354 e. The summed E-state index contributed by atoms with van der Waals surface area (Å²) in [5, 5.41) is 2.82. The van der Waals surface area contributed by atoms with Crippen LogP contribution in [0.2, 0.25) is 0 Å². The maximum Gasteiger partial charge on any atom is 0.242 e. The fourth-order valence-corrected chi connectivity index (χ4v) is 2.40. The summed E-state index contributed by atoms with van der Waals surface area (Å²) in [5.74, 6) is -0.282. The lowest BCUT2D eigenvalue weighted by molar-refractivity contribution is -0.141. The van der Waals surface area contributed by atoms with Gasteiger partial charge in [-0.25, -0.2) is 0 Å². The fraction of sp³-hybridized carbons (Fsp3) is 0.786. The smallest absolute Gasteiger partial charge is 0.242 e. The summed E-state index contributed by atoms with van der Waals surface area (Å²) in [4.78, 5) is 38.2. The van der Waals surface area contributed by atoms with Gasteiger partial charge in [-0.1, -0.05) is 0 Å². The van der Waals surface area contributed by atoms with Gasteiger partial charge in [-0.3, -0.25) is 14.4 Å². The largest absolute Gasteiger partial charge is 0.354 e. The molecule has 0 aromatic rings. The van der Waals surface area contributed by atoms with Gasteiger partial charge >= 0.3 is 0 Å². The maximum atomic E-state index is 12.3. The first-order valence-corrected chi connectivity index (χ1v) is 7.43. The van der Waals surface area contributed by atoms with Gasteiger partial charge in [-0.2, -0.15) is 0 Å². The second-order valence-corrected chi connectivity index (χ2v) is 5.45. The van der Waals surface area contributed by atoms with E-state index in [0.717, 1.165) is 19.3 Å². The van der Waals surface area contributed by atoms with Crippen LogP contribution in [0.15, 0.2) is 0 Å². The summed E-state index contributed by atoms with van der Waals surface area (Å²) >= 11 is 0. The number of likely N-dealkylation sites (N-methyl/N-ethyl adjacent to an activating group) is 1. The minimum absolute atomic E-state index is 0.00772. The third-order valence-corrected chi connectivity index (χ3v) is 3.76. The molecular weight excluding hydrogens is 272 g/mol. The van der Waals surface area contributed by atoms with Crippen LogP contribution in [0.25, 0.3) is 0 Å². The van der Waals surface area contributed by atoms with Gasteiger partial charge in [0.2, 0.25) is 17.7 Å². The van der Waals surface area contributed by atoms with Crippen LogP contribution in [-0.4, -0.2) is 66.8 Å². The Morgan fingerprint density at radius 2 is 2.05 bits per heavy atom. The van der Waals surface area contributed by atoms with E-state index in [4.69, 9.17) is 5.73 Å². The lowest BCUT2D eigenvalue weighted by Crippen LogP contribution is -2.52. The van der Waals surface area contributed by atoms with Crippen LogP contribution in [0, 0.1) is 0 Å². The zero-order chi connectivity index (χ0) is 15.8. The van der Waals surface area contributed by atoms with Crippen molar-refractivity contribution < 1.29 is 14.4 Å². The first-order chi connectivity index (χ1) is 9.95. The molecule has 0 bridgehead atoms. The quantitative estimate of drug-likeness (QED) is 0.678. The molecular formula is C14H26N4O3. The molecule has 0 radical (unpaired) electrons. The highest BCUT2D eigenvalue weighted by Crippen LogP contribution is 2.17. The summed E-state index contributed by atoms with van der Waals surface area (Å²) in [6.45, 7) is 2.98. The van der Waals surface area contributed by atoms with Crippen molar-refractivity contribution >= 4 is 17.7 Å². The molecule has 1 aliphatic rings. The van der Waals surface area contributed by atoms with Crippen LogP contribution in [0.4, 0.5) is 0 Å². The molecule has 21 heavy (non-hydrogen) atoms. The Morgan fingerprint density at radius 1 is 1.33 bits per heavy atom. The summed E-state index contributed by atoms with van der Waals surface area (Å²) in [5.41, 5.74) is 5.33. The second-order valence-electron chi connectivity index (χ2n) is 5.45. The van der Waals surface area contributed by atoms with Crippen LogP contribution in [0.3, 0.4) is 0 Å². The van der Waals surface area contributed by atoms with Crippen molar-refractivity contribution in [2.45, 2.75) is 38.6 Å². The zero-order valence-corrected chi connectivity index (χ0v) is 12.9. The monoisotopic (exact) mass is 298 g/mol. The number of amides is 3. The van der Waals surface area contributed by atoms with Crippen molar-refractivity contribution in [2.24, 2.45) is 5.73 Å². The number of nitrogens with zero attached hydrogens (tertiary/aromatic N) is 2. The molecule has 3 N–H and O–H groups in total. The number of rotatable bonds is 6. The number of nitrogens with two attached hydrogens (primary N) is 1. The van der Waals surface area contributed by atoms with E-state index < -0.39 is 0 Å². The molecule has 7 heteroatoms. The van der Waals surface area contributed by atoms with Gasteiger partial charge in [-0.15, -0.1) is 0 Å². The SMILES string of the molecule is CC(=O)N(C)CC(=O)N1CCCCC1CNC(=O)CCN. The number of hydrogen-bond donors (Lipinski definition) is 2. The molecule has 0 aromatic heterocycles. The number of carbonyl (C=O) groups excluding carboxylic acids is 3. The average Bonchev–Trinajstić information content (AvgIpc) is 2.45. The number of hydrogen-bond acceptors (Lipinski definition) is 4. The normalized spacial score (nSPS) is 18.2. The Bertz CT molecular complexity index is 386. The topological polar surface area (TPSA) is 95.7 Å². The Labute approximate surface area is 125 Å². The zero-order valence-electron chi connectivity index (χ0n) is 12.9. The number of piperidine rings is 1. The highest BCUT2D eigenvalue weighted by atomic mass is 16.2. The second kappa shape index (κ2) is 8.61. The molecule has 0 aromatic carbocycles. The third-order valence-electron chi connectivity index (χ3n) is 3.76. The molecule has 1 saturated heterocycles. The molecule has 0 aliphatic carbocycles. The Kier molecular flexibility index (Phi) is 7.14. The lowest BCUT2D eigenvalue weighted by atomic mass is 10.0. The maximum absolute atomic E-state index is 12.3. The van der Waals surface area contributed by atoms with Gasteiger partial charge in [0.1, 0.15) is 0 Å². The summed E-state index contributed by atoms with van der Waals surface area (Å²) < 4.78 is 0. The average molecular weight is 298 g/mol. The van der Waals surface area contributed by atoms with E-state index >= 15 is 0 Å². The van der Waals surface area contributed by atoms with E-state index in [2.05, 4.69) is 5.32 Å². The van der Waals surface area contributed by atoms with E-state index in [1.54, 1.807) is 11.9 Å². The molecule has 120 valence electrons. The number of carbonyl (C=O) groups is 3. The Morgan fingerprint density at radius 3 is 2.67 bits per heavy atom. The molecule has 1 rings (SSSR count). The van der Waals surface area contributed by atoms with Crippen LogP contribution in [0.5, 0.6) is 0 Å². The summed E-state index contributed by atoms with van der Waals surface area (Å²) in [6, 6.07) is 0.00772. The van der Waals surface area contributed by atoms with Crippen molar-refractivity contribution in [3.63, 3.8) is 0 Å². The minimum atomic E-state index is -0.131. The van der Waals surface area contributed by atoms with E-state index in [-0.39, 0.29) is 30.3 Å². The molecule has 0 spiro atoms. The van der Waals surface area contributed by atoms with Gasteiger partial charge in [-0.05, 0) is 19.3 Å². The van der Waals surface area contributed by atoms with Gasteiger partial charge in [0, 0.05) is 46.1 Å². The van der Waals surface area contributed by atoms with Gasteiger partial charge < -0.3 is 20.9 Å². The predicted molar refractivity (Wildman–Crippen MR) is 79.3 cm³/mol. The summed E-state index contributed by atoms with van der Waals surface area (Å²) in [6.07, 6.45) is 3.18.